The van der Waals surface area contributed by atoms with E-state index in [1.54, 1.807) is 15.5 Å². The van der Waals surface area contributed by atoms with Gasteiger partial charge in [0.1, 0.15) is 5.82 Å². The average molecular weight is 480 g/mol. The second kappa shape index (κ2) is 10.4. The summed E-state index contributed by atoms with van der Waals surface area (Å²) in [6.07, 6.45) is 3.04. The van der Waals surface area contributed by atoms with Gasteiger partial charge in [0.15, 0.2) is 5.56 Å². The summed E-state index contributed by atoms with van der Waals surface area (Å²) in [6.45, 7) is 4.96. The van der Waals surface area contributed by atoms with E-state index in [4.69, 9.17) is 11.6 Å². The third-order valence-electron chi connectivity index (χ3n) is 6.63. The standard InChI is InChI=1S/C27H30ClN3O3/c1-3-4-14-23-29-25(32)24(27(34)31(23)18(2)21-12-8-9-13-22(21)28)26(33)30-16-15-20(17-30)19-10-6-5-7-11-19/h5-13,18,20,34H,3-4,14-17H2,1-2H3/t18?,20-/m1/s1. The first-order valence-corrected chi connectivity index (χ1v) is 12.2. The molecule has 1 N–H and O–H groups in total. The number of aryl methyl sites for hydroxylation is 1. The van der Waals surface area contributed by atoms with Crippen molar-refractivity contribution < 1.29 is 9.90 Å². The van der Waals surface area contributed by atoms with Gasteiger partial charge in [0.05, 0.1) is 6.04 Å². The molecule has 1 aromatic heterocycles. The zero-order valence-corrected chi connectivity index (χ0v) is 20.3. The summed E-state index contributed by atoms with van der Waals surface area (Å²) in [5.41, 5.74) is 0.999. The van der Waals surface area contributed by atoms with Crippen molar-refractivity contribution in [1.29, 1.82) is 0 Å². The fourth-order valence-corrected chi connectivity index (χ4v) is 5.02. The number of hydrogen-bond donors (Lipinski definition) is 1. The highest BCUT2D eigenvalue weighted by Crippen LogP contribution is 2.33. The number of unbranched alkanes of at least 4 members (excludes halogenated alkanes) is 1. The van der Waals surface area contributed by atoms with Crippen LogP contribution in [-0.2, 0) is 6.42 Å². The molecule has 1 fully saturated rings. The molecule has 34 heavy (non-hydrogen) atoms. The molecule has 3 aromatic rings. The molecule has 0 radical (unpaired) electrons. The van der Waals surface area contributed by atoms with Gasteiger partial charge in [-0.2, -0.15) is 4.98 Å². The number of likely N-dealkylation sites (tertiary alicyclic amines) is 1. The zero-order valence-electron chi connectivity index (χ0n) is 19.6. The molecule has 0 bridgehead atoms. The van der Waals surface area contributed by atoms with Crippen LogP contribution < -0.4 is 5.56 Å². The number of hydrogen-bond acceptors (Lipinski definition) is 4. The van der Waals surface area contributed by atoms with Crippen LogP contribution in [0.3, 0.4) is 0 Å². The summed E-state index contributed by atoms with van der Waals surface area (Å²) in [5, 5.41) is 11.9. The van der Waals surface area contributed by atoms with Crippen LogP contribution in [0.4, 0.5) is 0 Å². The predicted molar refractivity (Wildman–Crippen MR) is 134 cm³/mol. The minimum atomic E-state index is -0.681. The van der Waals surface area contributed by atoms with E-state index < -0.39 is 17.5 Å². The number of carbonyl (C=O) groups is 1. The Balaban J connectivity index is 1.72. The fourth-order valence-electron chi connectivity index (χ4n) is 4.72. The van der Waals surface area contributed by atoms with E-state index in [2.05, 4.69) is 17.1 Å². The van der Waals surface area contributed by atoms with Crippen LogP contribution in [-0.4, -0.2) is 38.6 Å². The van der Waals surface area contributed by atoms with Gasteiger partial charge < -0.3 is 10.0 Å². The van der Waals surface area contributed by atoms with Crippen molar-refractivity contribution in [3.05, 3.63) is 92.5 Å². The molecule has 4 rings (SSSR count). The molecule has 2 heterocycles. The van der Waals surface area contributed by atoms with Gasteiger partial charge in [-0.15, -0.1) is 0 Å². The van der Waals surface area contributed by atoms with Crippen LogP contribution in [0.2, 0.25) is 5.02 Å². The molecule has 1 saturated heterocycles. The van der Waals surface area contributed by atoms with Crippen LogP contribution in [0, 0.1) is 0 Å². The Bertz CT molecular complexity index is 1230. The molecule has 1 unspecified atom stereocenters. The first kappa shape index (κ1) is 24.0. The molecule has 7 heteroatoms. The summed E-state index contributed by atoms with van der Waals surface area (Å²) < 4.78 is 1.59. The van der Waals surface area contributed by atoms with Gasteiger partial charge in [-0.25, -0.2) is 0 Å². The summed E-state index contributed by atoms with van der Waals surface area (Å²) in [5.74, 6) is -0.160. The fraction of sp³-hybridized carbons (Fsp3) is 0.370. The van der Waals surface area contributed by atoms with E-state index in [-0.39, 0.29) is 17.4 Å². The number of amides is 1. The Hall–Kier alpha value is -3.12. The number of aromatic hydroxyl groups is 1. The third-order valence-corrected chi connectivity index (χ3v) is 6.98. The van der Waals surface area contributed by atoms with Crippen molar-refractivity contribution >= 4 is 17.5 Å². The number of carbonyl (C=O) groups excluding carboxylic acids is 1. The van der Waals surface area contributed by atoms with Crippen molar-refractivity contribution in [2.45, 2.75) is 51.5 Å². The van der Waals surface area contributed by atoms with Crippen LogP contribution in [0.5, 0.6) is 5.88 Å². The Labute approximate surface area is 204 Å². The van der Waals surface area contributed by atoms with Crippen molar-refractivity contribution in [2.24, 2.45) is 0 Å². The highest BCUT2D eigenvalue weighted by Gasteiger charge is 2.33. The first-order chi connectivity index (χ1) is 16.4. The van der Waals surface area contributed by atoms with E-state index in [1.807, 2.05) is 50.2 Å². The highest BCUT2D eigenvalue weighted by atomic mass is 35.5. The summed E-state index contributed by atoms with van der Waals surface area (Å²) in [7, 11) is 0. The van der Waals surface area contributed by atoms with E-state index in [9.17, 15) is 14.7 Å². The Kier molecular flexibility index (Phi) is 7.37. The van der Waals surface area contributed by atoms with Crippen molar-refractivity contribution in [1.82, 2.24) is 14.5 Å². The van der Waals surface area contributed by atoms with Gasteiger partial charge in [-0.05, 0) is 37.0 Å². The first-order valence-electron chi connectivity index (χ1n) is 11.8. The van der Waals surface area contributed by atoms with E-state index in [1.165, 1.54) is 5.56 Å². The zero-order chi connectivity index (χ0) is 24.2. The van der Waals surface area contributed by atoms with Gasteiger partial charge >= 0.3 is 0 Å². The molecular weight excluding hydrogens is 450 g/mol. The molecule has 178 valence electrons. The van der Waals surface area contributed by atoms with Gasteiger partial charge in [0, 0.05) is 30.5 Å². The lowest BCUT2D eigenvalue weighted by atomic mass is 9.99. The maximum Gasteiger partial charge on any atom is 0.289 e. The topological polar surface area (TPSA) is 75.4 Å². The van der Waals surface area contributed by atoms with Crippen LogP contribution >= 0.6 is 11.6 Å². The third kappa shape index (κ3) is 4.73. The molecule has 0 saturated carbocycles. The predicted octanol–water partition coefficient (Wildman–Crippen LogP) is 5.18. The quantitative estimate of drug-likeness (QED) is 0.506. The summed E-state index contributed by atoms with van der Waals surface area (Å²) >= 11 is 6.44. The van der Waals surface area contributed by atoms with Crippen molar-refractivity contribution in [2.75, 3.05) is 13.1 Å². The van der Waals surface area contributed by atoms with Gasteiger partial charge in [-0.3, -0.25) is 14.2 Å². The molecule has 1 aliphatic rings. The Morgan fingerprint density at radius 1 is 1.18 bits per heavy atom. The van der Waals surface area contributed by atoms with E-state index in [0.717, 1.165) is 24.8 Å². The lowest BCUT2D eigenvalue weighted by Crippen LogP contribution is -2.35. The summed E-state index contributed by atoms with van der Waals surface area (Å²) in [4.78, 5) is 32.4. The minimum absolute atomic E-state index is 0.202. The normalized spacial score (nSPS) is 16.6. The largest absolute Gasteiger partial charge is 0.494 e. The smallest absolute Gasteiger partial charge is 0.289 e. The molecule has 2 aromatic carbocycles. The minimum Gasteiger partial charge on any atom is -0.494 e. The van der Waals surface area contributed by atoms with Crippen molar-refractivity contribution in [3.8, 4) is 5.88 Å². The number of rotatable bonds is 7. The monoisotopic (exact) mass is 479 g/mol. The second-order valence-corrected chi connectivity index (χ2v) is 9.26. The average Bonchev–Trinajstić information content (AvgIpc) is 3.33. The number of aromatic nitrogens is 2. The van der Waals surface area contributed by atoms with Gasteiger partial charge in [0.2, 0.25) is 5.88 Å². The molecule has 2 atom stereocenters. The maximum atomic E-state index is 13.5. The molecule has 0 spiro atoms. The molecule has 1 aliphatic heterocycles. The van der Waals surface area contributed by atoms with Crippen LogP contribution in [0.25, 0.3) is 0 Å². The van der Waals surface area contributed by atoms with Crippen LogP contribution in [0.15, 0.2) is 59.4 Å². The van der Waals surface area contributed by atoms with Gasteiger partial charge in [-0.1, -0.05) is 73.5 Å². The lowest BCUT2D eigenvalue weighted by molar-refractivity contribution is 0.0783. The second-order valence-electron chi connectivity index (χ2n) is 8.85. The molecular formula is C27H30ClN3O3. The highest BCUT2D eigenvalue weighted by molar-refractivity contribution is 6.31. The number of nitrogens with zero attached hydrogens (tertiary/aromatic N) is 3. The number of halogens is 1. The molecule has 1 amide bonds. The number of benzene rings is 2. The maximum absolute atomic E-state index is 13.5. The molecule has 0 aliphatic carbocycles. The molecule has 6 nitrogen and oxygen atoms in total. The summed E-state index contributed by atoms with van der Waals surface area (Å²) in [6, 6.07) is 17.0. The van der Waals surface area contributed by atoms with Crippen LogP contribution in [0.1, 0.15) is 72.4 Å². The van der Waals surface area contributed by atoms with E-state index >= 15 is 0 Å². The van der Waals surface area contributed by atoms with Gasteiger partial charge in [0.25, 0.3) is 11.5 Å². The lowest BCUT2D eigenvalue weighted by Gasteiger charge is -2.25. The van der Waals surface area contributed by atoms with Crippen molar-refractivity contribution in [3.63, 3.8) is 0 Å². The van der Waals surface area contributed by atoms with E-state index in [0.29, 0.717) is 30.4 Å². The SMILES string of the molecule is CCCCc1nc(=O)c(C(=O)N2CC[C@@H](c3ccccc3)C2)c(O)n1C(C)c1ccccc1Cl. The Morgan fingerprint density at radius 3 is 2.59 bits per heavy atom. The Morgan fingerprint density at radius 2 is 1.88 bits per heavy atom.